The van der Waals surface area contributed by atoms with Crippen LogP contribution in [-0.2, 0) is 16.0 Å². The Morgan fingerprint density at radius 2 is 1.78 bits per heavy atom. The fourth-order valence-corrected chi connectivity index (χ4v) is 5.25. The normalized spacial score (nSPS) is 29.9. The van der Waals surface area contributed by atoms with E-state index in [0.717, 1.165) is 32.4 Å². The van der Waals surface area contributed by atoms with E-state index in [4.69, 9.17) is 4.74 Å². The number of nitrogens with zero attached hydrogens (tertiary/aromatic N) is 2. The first-order valence-electron chi connectivity index (χ1n) is 10.1. The number of ether oxygens (including phenoxy) is 1. The molecule has 2 aromatic carbocycles. The molecule has 1 spiro atoms. The zero-order chi connectivity index (χ0) is 18.3. The third kappa shape index (κ3) is 2.79. The van der Waals surface area contributed by atoms with Crippen molar-refractivity contribution < 1.29 is 9.53 Å². The fraction of sp³-hybridized carbons (Fsp3) is 0.435. The summed E-state index contributed by atoms with van der Waals surface area (Å²) in [7, 11) is 0. The molecule has 0 bridgehead atoms. The van der Waals surface area contributed by atoms with E-state index in [9.17, 15) is 4.79 Å². The van der Waals surface area contributed by atoms with Crippen molar-refractivity contribution >= 4 is 5.91 Å². The fourth-order valence-electron chi connectivity index (χ4n) is 5.25. The van der Waals surface area contributed by atoms with Crippen LogP contribution in [0.1, 0.15) is 36.4 Å². The quantitative estimate of drug-likeness (QED) is 0.817. The highest BCUT2D eigenvalue weighted by Crippen LogP contribution is 2.51. The summed E-state index contributed by atoms with van der Waals surface area (Å²) < 4.78 is 6.38. The van der Waals surface area contributed by atoms with Gasteiger partial charge in [0.1, 0.15) is 0 Å². The Morgan fingerprint density at radius 1 is 1.04 bits per heavy atom. The molecular weight excluding hydrogens is 336 g/mol. The molecule has 5 rings (SSSR count). The number of aryl methyl sites for hydroxylation is 1. The lowest BCUT2D eigenvalue weighted by Crippen LogP contribution is -2.48. The molecule has 140 valence electrons. The number of carbonyl (C=O) groups is 1. The van der Waals surface area contributed by atoms with Crippen LogP contribution in [0.15, 0.2) is 60.7 Å². The number of benzene rings is 2. The molecule has 1 amide bonds. The van der Waals surface area contributed by atoms with Crippen LogP contribution in [0.4, 0.5) is 0 Å². The molecule has 0 N–H and O–H groups in total. The van der Waals surface area contributed by atoms with Gasteiger partial charge in [-0.15, -0.1) is 0 Å². The molecule has 0 radical (unpaired) electrons. The van der Waals surface area contributed by atoms with Crippen LogP contribution in [0.25, 0.3) is 0 Å². The molecule has 0 saturated carbocycles. The summed E-state index contributed by atoms with van der Waals surface area (Å²) in [5.74, 6) is 0.249. The number of likely N-dealkylation sites (tertiary alicyclic amines) is 1. The van der Waals surface area contributed by atoms with Gasteiger partial charge in [-0.1, -0.05) is 60.7 Å². The Bertz CT molecular complexity index is 810. The molecule has 3 atom stereocenters. The van der Waals surface area contributed by atoms with Gasteiger partial charge in [0.05, 0.1) is 18.7 Å². The number of rotatable bonds is 5. The molecule has 0 unspecified atom stereocenters. The molecule has 3 aliphatic heterocycles. The van der Waals surface area contributed by atoms with Gasteiger partial charge in [-0.2, -0.15) is 0 Å². The summed E-state index contributed by atoms with van der Waals surface area (Å²) in [4.78, 5) is 17.5. The molecule has 3 heterocycles. The van der Waals surface area contributed by atoms with Crippen molar-refractivity contribution in [2.45, 2.75) is 43.5 Å². The minimum absolute atomic E-state index is 0.0629. The molecule has 0 aromatic heterocycles. The monoisotopic (exact) mass is 362 g/mol. The SMILES string of the molecule is O=C1C[C@H]2N(CCCc3ccccc3)CC[C@]23OC[C@@H](c2ccccc2)N13. The van der Waals surface area contributed by atoms with E-state index in [0.29, 0.717) is 13.0 Å². The summed E-state index contributed by atoms with van der Waals surface area (Å²) >= 11 is 0. The zero-order valence-electron chi connectivity index (χ0n) is 15.6. The summed E-state index contributed by atoms with van der Waals surface area (Å²) in [6, 6.07) is 21.2. The van der Waals surface area contributed by atoms with Gasteiger partial charge < -0.3 is 9.64 Å². The van der Waals surface area contributed by atoms with E-state index in [1.165, 1.54) is 11.1 Å². The van der Waals surface area contributed by atoms with E-state index >= 15 is 0 Å². The van der Waals surface area contributed by atoms with E-state index in [-0.39, 0.29) is 18.0 Å². The van der Waals surface area contributed by atoms with Crippen LogP contribution in [0.5, 0.6) is 0 Å². The summed E-state index contributed by atoms with van der Waals surface area (Å²) in [5.41, 5.74) is 2.17. The average Bonchev–Trinajstić information content (AvgIpc) is 3.33. The van der Waals surface area contributed by atoms with Crippen LogP contribution < -0.4 is 0 Å². The molecule has 3 aliphatic rings. The second-order valence-electron chi connectivity index (χ2n) is 7.94. The maximum absolute atomic E-state index is 12.9. The standard InChI is InChI=1S/C23H26N2O2/c26-22-16-21-23(25(22)20(17-27-23)19-11-5-2-6-12-19)13-15-24(21)14-7-10-18-8-3-1-4-9-18/h1-6,8-9,11-12,20-21H,7,10,13-17H2/t20-,21+,23-/m0/s1. The molecule has 3 saturated heterocycles. The minimum Gasteiger partial charge on any atom is -0.351 e. The van der Waals surface area contributed by atoms with Crippen molar-refractivity contribution in [1.29, 1.82) is 0 Å². The molecule has 2 aromatic rings. The second-order valence-corrected chi connectivity index (χ2v) is 7.94. The predicted octanol–water partition coefficient (Wildman–Crippen LogP) is 3.39. The molecule has 4 nitrogen and oxygen atoms in total. The van der Waals surface area contributed by atoms with Crippen LogP contribution in [0.2, 0.25) is 0 Å². The van der Waals surface area contributed by atoms with Crippen molar-refractivity contribution in [3.8, 4) is 0 Å². The third-order valence-electron chi connectivity index (χ3n) is 6.50. The first-order valence-corrected chi connectivity index (χ1v) is 10.1. The highest BCUT2D eigenvalue weighted by atomic mass is 16.5. The van der Waals surface area contributed by atoms with Gasteiger partial charge in [-0.3, -0.25) is 9.69 Å². The number of hydrogen-bond donors (Lipinski definition) is 0. The first kappa shape index (κ1) is 17.0. The third-order valence-corrected chi connectivity index (χ3v) is 6.50. The Labute approximate surface area is 160 Å². The van der Waals surface area contributed by atoms with Gasteiger partial charge >= 0.3 is 0 Å². The predicted molar refractivity (Wildman–Crippen MR) is 104 cm³/mol. The highest BCUT2D eigenvalue weighted by Gasteiger charge is 2.64. The largest absolute Gasteiger partial charge is 0.351 e. The molecule has 3 fully saturated rings. The summed E-state index contributed by atoms with van der Waals surface area (Å²) in [5, 5.41) is 0. The lowest BCUT2D eigenvalue weighted by molar-refractivity contribution is -0.138. The maximum Gasteiger partial charge on any atom is 0.227 e. The topological polar surface area (TPSA) is 32.8 Å². The van der Waals surface area contributed by atoms with Crippen molar-refractivity contribution in [3.05, 3.63) is 71.8 Å². The van der Waals surface area contributed by atoms with Crippen molar-refractivity contribution in [1.82, 2.24) is 9.80 Å². The van der Waals surface area contributed by atoms with Gasteiger partial charge in [0, 0.05) is 19.4 Å². The van der Waals surface area contributed by atoms with Crippen LogP contribution in [0, 0.1) is 0 Å². The second kappa shape index (κ2) is 6.77. The van der Waals surface area contributed by atoms with Gasteiger partial charge in [-0.05, 0) is 30.5 Å². The van der Waals surface area contributed by atoms with Crippen molar-refractivity contribution in [2.24, 2.45) is 0 Å². The maximum atomic E-state index is 12.9. The lowest BCUT2D eigenvalue weighted by atomic mass is 10.0. The average molecular weight is 362 g/mol. The number of carbonyl (C=O) groups excluding carboxylic acids is 1. The van der Waals surface area contributed by atoms with Gasteiger partial charge in [0.15, 0.2) is 5.72 Å². The van der Waals surface area contributed by atoms with Gasteiger partial charge in [0.25, 0.3) is 0 Å². The Balaban J connectivity index is 1.29. The Morgan fingerprint density at radius 3 is 2.56 bits per heavy atom. The summed E-state index contributed by atoms with van der Waals surface area (Å²) in [6.45, 7) is 2.66. The van der Waals surface area contributed by atoms with Gasteiger partial charge in [-0.25, -0.2) is 0 Å². The van der Waals surface area contributed by atoms with Crippen LogP contribution in [-0.4, -0.2) is 47.2 Å². The summed E-state index contributed by atoms with van der Waals surface area (Å²) in [6.07, 6.45) is 3.72. The van der Waals surface area contributed by atoms with E-state index in [2.05, 4.69) is 52.3 Å². The molecule has 4 heteroatoms. The van der Waals surface area contributed by atoms with Crippen molar-refractivity contribution in [3.63, 3.8) is 0 Å². The molecule has 0 aliphatic carbocycles. The van der Waals surface area contributed by atoms with E-state index < -0.39 is 5.72 Å². The minimum atomic E-state index is -0.398. The lowest BCUT2D eigenvalue weighted by Gasteiger charge is -2.33. The Kier molecular flexibility index (Phi) is 4.25. The van der Waals surface area contributed by atoms with Crippen LogP contribution in [0.3, 0.4) is 0 Å². The molecule has 27 heavy (non-hydrogen) atoms. The number of amides is 1. The van der Waals surface area contributed by atoms with Gasteiger partial charge in [0.2, 0.25) is 5.91 Å². The smallest absolute Gasteiger partial charge is 0.227 e. The van der Waals surface area contributed by atoms with E-state index in [1.807, 2.05) is 18.2 Å². The Hall–Kier alpha value is -2.17. The first-order chi connectivity index (χ1) is 13.3. The van der Waals surface area contributed by atoms with Crippen LogP contribution >= 0.6 is 0 Å². The molecular formula is C23H26N2O2. The van der Waals surface area contributed by atoms with Crippen molar-refractivity contribution in [2.75, 3.05) is 19.7 Å². The van der Waals surface area contributed by atoms with E-state index in [1.54, 1.807) is 0 Å². The highest BCUT2D eigenvalue weighted by molar-refractivity contribution is 5.82. The zero-order valence-corrected chi connectivity index (χ0v) is 15.6. The number of hydrogen-bond acceptors (Lipinski definition) is 3.